The predicted molar refractivity (Wildman–Crippen MR) is 65.2 cm³/mol. The fourth-order valence-electron chi connectivity index (χ4n) is 1.84. The van der Waals surface area contributed by atoms with Crippen LogP contribution < -0.4 is 16.4 Å². The fourth-order valence-corrected chi connectivity index (χ4v) is 2.48. The third kappa shape index (κ3) is 1.75. The largest absolute Gasteiger partial charge is 0.368 e. The zero-order valence-corrected chi connectivity index (χ0v) is 10.1. The molecule has 1 aromatic heterocycles. The van der Waals surface area contributed by atoms with Crippen LogP contribution >= 0.6 is 20.8 Å². The van der Waals surface area contributed by atoms with E-state index in [4.69, 9.17) is 23.1 Å². The van der Waals surface area contributed by atoms with E-state index in [1.807, 2.05) is 0 Å². The fraction of sp³-hybridized carbons (Fsp3) is 0.500. The van der Waals surface area contributed by atoms with Gasteiger partial charge < -0.3 is 16.4 Å². The van der Waals surface area contributed by atoms with E-state index in [2.05, 4.69) is 24.1 Å². The monoisotopic (exact) mass is 245 g/mol. The van der Waals surface area contributed by atoms with Crippen molar-refractivity contribution in [2.24, 2.45) is 5.73 Å². The smallest absolute Gasteiger partial charge is 0.223 e. The lowest BCUT2D eigenvalue weighted by atomic mass is 10.1. The van der Waals surface area contributed by atoms with Gasteiger partial charge in [-0.15, -0.1) is 9.24 Å². The van der Waals surface area contributed by atoms with E-state index in [1.165, 1.54) is 0 Å². The Labute approximate surface area is 95.4 Å². The van der Waals surface area contributed by atoms with Gasteiger partial charge in [-0.3, -0.25) is 0 Å². The molecule has 0 radical (unpaired) electrons. The molecule has 4 N–H and O–H groups in total. The van der Waals surface area contributed by atoms with E-state index in [0.717, 1.165) is 24.2 Å². The van der Waals surface area contributed by atoms with E-state index in [9.17, 15) is 0 Å². The predicted octanol–water partition coefficient (Wildman–Crippen LogP) is 0.407. The molecular formula is C8H13ClN5P. The molecule has 2 unspecified atom stereocenters. The molecule has 2 rings (SSSR count). The molecule has 0 aliphatic carbocycles. The molecule has 1 aliphatic heterocycles. The van der Waals surface area contributed by atoms with Gasteiger partial charge in [0.25, 0.3) is 0 Å². The standard InChI is InChI=1S/C8H13ClN5P/c9-6-5-4(1-10)2-14(3-15)7(5)13-8(11)12-6/h4H,1-3,10,15H2,(H2,11,12,13). The molecule has 1 aromatic rings. The number of nitrogen functional groups attached to an aromatic ring is 1. The van der Waals surface area contributed by atoms with Gasteiger partial charge in [0.05, 0.1) is 0 Å². The first kappa shape index (κ1) is 10.9. The molecular weight excluding hydrogens is 233 g/mol. The lowest BCUT2D eigenvalue weighted by Gasteiger charge is -2.15. The third-order valence-electron chi connectivity index (χ3n) is 2.55. The second kappa shape index (κ2) is 4.08. The summed E-state index contributed by atoms with van der Waals surface area (Å²) in [4.78, 5) is 10.2. The maximum atomic E-state index is 6.05. The summed E-state index contributed by atoms with van der Waals surface area (Å²) in [6.07, 6.45) is 0.788. The molecule has 0 bridgehead atoms. The molecule has 15 heavy (non-hydrogen) atoms. The van der Waals surface area contributed by atoms with E-state index in [-0.39, 0.29) is 11.9 Å². The van der Waals surface area contributed by atoms with Gasteiger partial charge in [0.1, 0.15) is 11.0 Å². The number of anilines is 2. The molecule has 0 fully saturated rings. The van der Waals surface area contributed by atoms with Crippen LogP contribution in [0.3, 0.4) is 0 Å². The Bertz CT molecular complexity index is 386. The number of halogens is 1. The van der Waals surface area contributed by atoms with Crippen molar-refractivity contribution in [1.29, 1.82) is 0 Å². The van der Waals surface area contributed by atoms with E-state index in [0.29, 0.717) is 11.7 Å². The summed E-state index contributed by atoms with van der Waals surface area (Å²) in [7, 11) is 2.65. The summed E-state index contributed by atoms with van der Waals surface area (Å²) < 4.78 is 0. The molecule has 0 amide bonds. The van der Waals surface area contributed by atoms with Crippen molar-refractivity contribution in [1.82, 2.24) is 9.97 Å². The van der Waals surface area contributed by atoms with Crippen LogP contribution in [0.15, 0.2) is 0 Å². The normalized spacial score (nSPS) is 19.4. The number of hydrogen-bond donors (Lipinski definition) is 2. The first-order valence-corrected chi connectivity index (χ1v) is 5.84. The Hall–Kier alpha value is -0.640. The number of hydrogen-bond acceptors (Lipinski definition) is 5. The van der Waals surface area contributed by atoms with Gasteiger partial charge in [-0.1, -0.05) is 11.6 Å². The Morgan fingerprint density at radius 1 is 1.53 bits per heavy atom. The number of nitrogens with two attached hydrogens (primary N) is 2. The lowest BCUT2D eigenvalue weighted by Crippen LogP contribution is -2.23. The lowest BCUT2D eigenvalue weighted by molar-refractivity contribution is 0.724. The Morgan fingerprint density at radius 2 is 2.27 bits per heavy atom. The van der Waals surface area contributed by atoms with Crippen molar-refractivity contribution in [2.45, 2.75) is 5.92 Å². The molecule has 82 valence electrons. The zero-order chi connectivity index (χ0) is 11.0. The van der Waals surface area contributed by atoms with Crippen LogP contribution in [-0.4, -0.2) is 29.3 Å². The van der Waals surface area contributed by atoms with Crippen LogP contribution in [0.4, 0.5) is 11.8 Å². The topological polar surface area (TPSA) is 81.1 Å². The maximum absolute atomic E-state index is 6.05. The minimum Gasteiger partial charge on any atom is -0.368 e. The van der Waals surface area contributed by atoms with Crippen LogP contribution in [0.5, 0.6) is 0 Å². The van der Waals surface area contributed by atoms with Crippen molar-refractivity contribution >= 4 is 32.6 Å². The SMILES string of the molecule is NCC1CN(CP)c2nc(N)nc(Cl)c21. The molecule has 0 aromatic carbocycles. The minimum absolute atomic E-state index is 0.202. The quantitative estimate of drug-likeness (QED) is 0.583. The highest BCUT2D eigenvalue weighted by Gasteiger charge is 2.31. The molecule has 0 saturated heterocycles. The Balaban J connectivity index is 2.53. The van der Waals surface area contributed by atoms with E-state index >= 15 is 0 Å². The van der Waals surface area contributed by atoms with Crippen molar-refractivity contribution in [3.63, 3.8) is 0 Å². The Morgan fingerprint density at radius 3 is 2.87 bits per heavy atom. The second-order valence-electron chi connectivity index (χ2n) is 3.45. The van der Waals surface area contributed by atoms with Crippen molar-refractivity contribution in [2.75, 3.05) is 30.0 Å². The number of rotatable bonds is 2. The van der Waals surface area contributed by atoms with Gasteiger partial charge in [-0.05, 0) is 0 Å². The van der Waals surface area contributed by atoms with Gasteiger partial charge in [-0.2, -0.15) is 4.98 Å². The molecule has 0 saturated carbocycles. The average Bonchev–Trinajstić information content (AvgIpc) is 2.55. The number of nitrogens with zero attached hydrogens (tertiary/aromatic N) is 3. The summed E-state index contributed by atoms with van der Waals surface area (Å²) in [5, 5.41) is 0.425. The molecule has 7 heteroatoms. The van der Waals surface area contributed by atoms with E-state index in [1.54, 1.807) is 0 Å². The van der Waals surface area contributed by atoms with E-state index < -0.39 is 0 Å². The molecule has 0 spiro atoms. The third-order valence-corrected chi connectivity index (χ3v) is 3.28. The van der Waals surface area contributed by atoms with Crippen LogP contribution in [0.1, 0.15) is 11.5 Å². The van der Waals surface area contributed by atoms with Crippen molar-refractivity contribution < 1.29 is 0 Å². The summed E-state index contributed by atoms with van der Waals surface area (Å²) >= 11 is 6.05. The van der Waals surface area contributed by atoms with Crippen LogP contribution in [0, 0.1) is 0 Å². The number of fused-ring (bicyclic) bond motifs is 1. The van der Waals surface area contributed by atoms with Gasteiger partial charge in [0.2, 0.25) is 5.95 Å². The maximum Gasteiger partial charge on any atom is 0.223 e. The van der Waals surface area contributed by atoms with Crippen LogP contribution in [0.25, 0.3) is 0 Å². The van der Waals surface area contributed by atoms with Gasteiger partial charge in [0.15, 0.2) is 0 Å². The molecule has 1 aliphatic rings. The van der Waals surface area contributed by atoms with Gasteiger partial charge >= 0.3 is 0 Å². The van der Waals surface area contributed by atoms with Crippen molar-refractivity contribution in [3.8, 4) is 0 Å². The second-order valence-corrected chi connectivity index (χ2v) is 4.17. The summed E-state index contributed by atoms with van der Waals surface area (Å²) in [5.74, 6) is 1.23. The summed E-state index contributed by atoms with van der Waals surface area (Å²) in [5.41, 5.74) is 12.2. The average molecular weight is 246 g/mol. The van der Waals surface area contributed by atoms with Gasteiger partial charge in [-0.25, -0.2) is 4.98 Å². The van der Waals surface area contributed by atoms with Gasteiger partial charge in [0, 0.05) is 30.9 Å². The summed E-state index contributed by atoms with van der Waals surface area (Å²) in [6, 6.07) is 0. The molecule has 5 nitrogen and oxygen atoms in total. The first-order chi connectivity index (χ1) is 7.17. The summed E-state index contributed by atoms with van der Waals surface area (Å²) in [6.45, 7) is 1.37. The highest BCUT2D eigenvalue weighted by atomic mass is 35.5. The minimum atomic E-state index is 0.202. The van der Waals surface area contributed by atoms with Crippen LogP contribution in [-0.2, 0) is 0 Å². The molecule has 2 atom stereocenters. The highest BCUT2D eigenvalue weighted by Crippen LogP contribution is 2.38. The van der Waals surface area contributed by atoms with Crippen LogP contribution in [0.2, 0.25) is 5.15 Å². The van der Waals surface area contributed by atoms with Crippen molar-refractivity contribution in [3.05, 3.63) is 10.7 Å². The number of aromatic nitrogens is 2. The molecule has 2 heterocycles. The zero-order valence-electron chi connectivity index (χ0n) is 8.15. The first-order valence-electron chi connectivity index (χ1n) is 4.65. The highest BCUT2D eigenvalue weighted by molar-refractivity contribution is 7.16. The Kier molecular flexibility index (Phi) is 2.96.